The summed E-state index contributed by atoms with van der Waals surface area (Å²) >= 11 is 1.30. The van der Waals surface area contributed by atoms with Crippen LogP contribution in [0, 0.1) is 18.7 Å². The Morgan fingerprint density at radius 1 is 1.20 bits per heavy atom. The molecule has 0 bridgehead atoms. The van der Waals surface area contributed by atoms with Crippen LogP contribution in [0.15, 0.2) is 52.4 Å². The van der Waals surface area contributed by atoms with Crippen LogP contribution in [0.3, 0.4) is 0 Å². The number of aromatic nitrogens is 1. The van der Waals surface area contributed by atoms with Gasteiger partial charge in [0.2, 0.25) is 10.0 Å². The van der Waals surface area contributed by atoms with E-state index in [4.69, 9.17) is 4.74 Å². The number of piperidine rings is 1. The second kappa shape index (κ2) is 10.4. The minimum Gasteiger partial charge on any atom is -0.465 e. The monoisotopic (exact) mass is 519 g/mol. The van der Waals surface area contributed by atoms with E-state index in [0.717, 1.165) is 27.9 Å². The quantitative estimate of drug-likeness (QED) is 0.466. The van der Waals surface area contributed by atoms with Crippen LogP contribution in [0.25, 0.3) is 10.2 Å². The highest BCUT2D eigenvalue weighted by Crippen LogP contribution is 2.25. The number of fused-ring (bicyclic) bond motifs is 1. The van der Waals surface area contributed by atoms with Gasteiger partial charge in [0.05, 0.1) is 27.6 Å². The van der Waals surface area contributed by atoms with Gasteiger partial charge in [-0.1, -0.05) is 17.4 Å². The molecule has 1 saturated heterocycles. The van der Waals surface area contributed by atoms with Crippen molar-refractivity contribution in [3.63, 3.8) is 0 Å². The van der Waals surface area contributed by atoms with Crippen LogP contribution in [0.2, 0.25) is 0 Å². The van der Waals surface area contributed by atoms with E-state index in [1.54, 1.807) is 11.5 Å². The predicted octanol–water partition coefficient (Wildman–Crippen LogP) is 3.24. The van der Waals surface area contributed by atoms with Gasteiger partial charge in [-0.25, -0.2) is 12.8 Å². The van der Waals surface area contributed by atoms with Crippen molar-refractivity contribution >= 4 is 43.5 Å². The summed E-state index contributed by atoms with van der Waals surface area (Å²) in [4.78, 5) is 30.0. The number of carbonyl (C=O) groups is 2. The molecule has 186 valence electrons. The minimum atomic E-state index is -3.86. The van der Waals surface area contributed by atoms with Gasteiger partial charge in [-0.2, -0.15) is 9.30 Å². The number of ether oxygens (including phenoxy) is 1. The predicted molar refractivity (Wildman–Crippen MR) is 130 cm³/mol. The zero-order valence-corrected chi connectivity index (χ0v) is 21.1. The molecule has 0 N–H and O–H groups in total. The Bertz CT molecular complexity index is 1430. The maximum atomic E-state index is 13.3. The molecule has 1 atom stereocenters. The molecule has 1 aliphatic heterocycles. The largest absolute Gasteiger partial charge is 0.465 e. The van der Waals surface area contributed by atoms with Crippen LogP contribution in [0.4, 0.5) is 4.39 Å². The van der Waals surface area contributed by atoms with Gasteiger partial charge in [-0.05, 0) is 68.7 Å². The molecule has 2 aromatic carbocycles. The topological polar surface area (TPSA) is 98.0 Å². The number of carbonyl (C=O) groups excluding carboxylic acids is 2. The van der Waals surface area contributed by atoms with Crippen molar-refractivity contribution in [3.05, 3.63) is 58.6 Å². The van der Waals surface area contributed by atoms with Crippen molar-refractivity contribution in [2.45, 2.75) is 38.1 Å². The lowest BCUT2D eigenvalue weighted by molar-refractivity contribution is -0.143. The fourth-order valence-corrected chi connectivity index (χ4v) is 6.71. The Morgan fingerprint density at radius 2 is 1.94 bits per heavy atom. The minimum absolute atomic E-state index is 0.01000. The Labute approximate surface area is 206 Å². The molecular weight excluding hydrogens is 493 g/mol. The van der Waals surface area contributed by atoms with Crippen LogP contribution in [0.5, 0.6) is 0 Å². The van der Waals surface area contributed by atoms with E-state index in [1.165, 1.54) is 27.8 Å². The van der Waals surface area contributed by atoms with Crippen molar-refractivity contribution in [3.8, 4) is 0 Å². The fourth-order valence-electron chi connectivity index (χ4n) is 4.06. The number of hydrogen-bond donors (Lipinski definition) is 0. The van der Waals surface area contributed by atoms with Crippen molar-refractivity contribution in [1.82, 2.24) is 8.87 Å². The van der Waals surface area contributed by atoms with E-state index in [1.807, 2.05) is 25.1 Å². The third-order valence-corrected chi connectivity index (χ3v) is 8.74. The normalized spacial score (nSPS) is 17.6. The first-order chi connectivity index (χ1) is 16.7. The van der Waals surface area contributed by atoms with Crippen LogP contribution in [0.1, 0.15) is 25.3 Å². The lowest BCUT2D eigenvalue weighted by atomic mass is 9.99. The van der Waals surface area contributed by atoms with E-state index in [-0.39, 0.29) is 31.1 Å². The summed E-state index contributed by atoms with van der Waals surface area (Å²) < 4.78 is 48.2. The highest BCUT2D eigenvalue weighted by molar-refractivity contribution is 7.89. The summed E-state index contributed by atoms with van der Waals surface area (Å²) in [5, 5.41) is 0. The third kappa shape index (κ3) is 5.52. The number of rotatable bonds is 6. The van der Waals surface area contributed by atoms with Crippen molar-refractivity contribution < 1.29 is 27.1 Å². The molecule has 1 fully saturated rings. The van der Waals surface area contributed by atoms with Crippen LogP contribution in [-0.4, -0.2) is 48.9 Å². The highest BCUT2D eigenvalue weighted by atomic mass is 32.2. The van der Waals surface area contributed by atoms with Gasteiger partial charge in [0.1, 0.15) is 12.4 Å². The molecule has 4 rings (SSSR count). The zero-order chi connectivity index (χ0) is 25.2. The van der Waals surface area contributed by atoms with Gasteiger partial charge in [-0.3, -0.25) is 9.59 Å². The number of halogens is 1. The number of aryl methyl sites for hydroxylation is 1. The summed E-state index contributed by atoms with van der Waals surface area (Å²) in [5.74, 6) is -2.02. The van der Waals surface area contributed by atoms with Crippen LogP contribution in [-0.2, 0) is 30.9 Å². The first-order valence-corrected chi connectivity index (χ1v) is 13.5. The molecule has 1 amide bonds. The summed E-state index contributed by atoms with van der Waals surface area (Å²) in [6.45, 7) is 4.10. The van der Waals surface area contributed by atoms with E-state index in [2.05, 4.69) is 4.99 Å². The summed E-state index contributed by atoms with van der Waals surface area (Å²) in [6, 6.07) is 10.4. The molecular formula is C24H26FN3O5S2. The first kappa shape index (κ1) is 25.2. The molecule has 2 heterocycles. The molecule has 8 nitrogen and oxygen atoms in total. The molecule has 0 spiro atoms. The van der Waals surface area contributed by atoms with Gasteiger partial charge in [0, 0.05) is 13.1 Å². The number of esters is 1. The maximum absolute atomic E-state index is 13.3. The number of sulfonamides is 1. The summed E-state index contributed by atoms with van der Waals surface area (Å²) in [5.41, 5.74) is 1.80. The van der Waals surface area contributed by atoms with E-state index in [0.29, 0.717) is 17.6 Å². The van der Waals surface area contributed by atoms with Gasteiger partial charge in [-0.15, -0.1) is 0 Å². The Balaban J connectivity index is 1.63. The van der Waals surface area contributed by atoms with Crippen LogP contribution < -0.4 is 4.80 Å². The molecule has 3 aromatic rings. The molecule has 0 saturated carbocycles. The number of hydrogen-bond acceptors (Lipinski definition) is 6. The lowest BCUT2D eigenvalue weighted by Gasteiger charge is -2.30. The van der Waals surface area contributed by atoms with Crippen molar-refractivity contribution in [2.24, 2.45) is 10.9 Å². The van der Waals surface area contributed by atoms with Crippen LogP contribution >= 0.6 is 11.3 Å². The number of benzene rings is 2. The van der Waals surface area contributed by atoms with Crippen molar-refractivity contribution in [2.75, 3.05) is 19.7 Å². The first-order valence-electron chi connectivity index (χ1n) is 11.3. The number of thiazole rings is 1. The lowest BCUT2D eigenvalue weighted by Crippen LogP contribution is -2.42. The summed E-state index contributed by atoms with van der Waals surface area (Å²) in [6.07, 6.45) is 1.00. The Morgan fingerprint density at radius 3 is 2.66 bits per heavy atom. The Hall–Kier alpha value is -2.89. The second-order valence-corrected chi connectivity index (χ2v) is 11.3. The number of amides is 1. The molecule has 1 aromatic heterocycles. The zero-order valence-electron chi connectivity index (χ0n) is 19.4. The van der Waals surface area contributed by atoms with E-state index >= 15 is 0 Å². The SMILES string of the molecule is CCOC(=O)Cn1c(=NC(=O)C2CCCN(S(=O)(=O)c3ccc(F)cc3)C2)sc2cc(C)ccc21. The molecule has 0 radical (unpaired) electrons. The number of nitrogens with zero attached hydrogens (tertiary/aromatic N) is 3. The van der Waals surface area contributed by atoms with Gasteiger partial charge >= 0.3 is 5.97 Å². The maximum Gasteiger partial charge on any atom is 0.326 e. The van der Waals surface area contributed by atoms with Crippen molar-refractivity contribution in [1.29, 1.82) is 0 Å². The molecule has 11 heteroatoms. The van der Waals surface area contributed by atoms with Gasteiger partial charge < -0.3 is 9.30 Å². The second-order valence-electron chi connectivity index (χ2n) is 8.35. The molecule has 0 aliphatic carbocycles. The summed E-state index contributed by atoms with van der Waals surface area (Å²) in [7, 11) is -3.86. The van der Waals surface area contributed by atoms with Gasteiger partial charge in [0.25, 0.3) is 5.91 Å². The molecule has 35 heavy (non-hydrogen) atoms. The third-order valence-electron chi connectivity index (χ3n) is 5.82. The standard InChI is InChI=1S/C24H26FN3O5S2/c1-3-33-22(29)15-28-20-11-6-16(2)13-21(20)34-24(28)26-23(30)17-5-4-12-27(14-17)35(31,32)19-9-7-18(25)8-10-19/h6-11,13,17H,3-5,12,14-15H2,1-2H3. The average molecular weight is 520 g/mol. The highest BCUT2D eigenvalue weighted by Gasteiger charge is 2.33. The Kier molecular flexibility index (Phi) is 7.48. The van der Waals surface area contributed by atoms with Gasteiger partial charge in [0.15, 0.2) is 4.80 Å². The van der Waals surface area contributed by atoms with E-state index in [9.17, 15) is 22.4 Å². The van der Waals surface area contributed by atoms with E-state index < -0.39 is 33.6 Å². The smallest absolute Gasteiger partial charge is 0.326 e. The molecule has 1 aliphatic rings. The molecule has 1 unspecified atom stereocenters. The fraction of sp³-hybridized carbons (Fsp3) is 0.375. The average Bonchev–Trinajstić information content (AvgIpc) is 3.15.